The third-order valence-electron chi connectivity index (χ3n) is 2.48. The monoisotopic (exact) mass is 252 g/mol. The third-order valence-corrected chi connectivity index (χ3v) is 2.48. The highest BCUT2D eigenvalue weighted by molar-refractivity contribution is 5.36. The molecule has 0 heterocycles. The van der Waals surface area contributed by atoms with Crippen LogP contribution in [-0.4, -0.2) is 0 Å². The number of hydrogen-bond acceptors (Lipinski definition) is 3. The van der Waals surface area contributed by atoms with Crippen LogP contribution in [0.15, 0.2) is 42.5 Å². The van der Waals surface area contributed by atoms with E-state index in [1.807, 2.05) is 12.1 Å². The van der Waals surface area contributed by atoms with Gasteiger partial charge in [0.25, 0.3) is 0 Å². The van der Waals surface area contributed by atoms with E-state index in [1.54, 1.807) is 30.3 Å². The van der Waals surface area contributed by atoms with Gasteiger partial charge in [0.2, 0.25) is 0 Å². The molecule has 0 N–H and O–H groups in total. The van der Waals surface area contributed by atoms with Crippen molar-refractivity contribution >= 4 is 0 Å². The average molecular weight is 252 g/mol. The number of nitrogens with zero attached hydrogens (tertiary/aromatic N) is 2. The summed E-state index contributed by atoms with van der Waals surface area (Å²) < 4.78 is 18.7. The summed E-state index contributed by atoms with van der Waals surface area (Å²) in [7, 11) is 0. The molecule has 2 aromatic carbocycles. The summed E-state index contributed by atoms with van der Waals surface area (Å²) in [5.74, 6) is 0.124. The van der Waals surface area contributed by atoms with Crippen LogP contribution in [0.5, 0.6) is 5.75 Å². The Kier molecular flexibility index (Phi) is 3.75. The van der Waals surface area contributed by atoms with Crippen LogP contribution < -0.4 is 4.74 Å². The van der Waals surface area contributed by atoms with Gasteiger partial charge in [0.15, 0.2) is 0 Å². The molecule has 0 saturated carbocycles. The van der Waals surface area contributed by atoms with Crippen molar-refractivity contribution in [3.05, 3.63) is 65.0 Å². The molecule has 0 aromatic heterocycles. The van der Waals surface area contributed by atoms with E-state index in [-0.39, 0.29) is 12.2 Å². The van der Waals surface area contributed by atoms with Gasteiger partial charge >= 0.3 is 0 Å². The fourth-order valence-corrected chi connectivity index (χ4v) is 1.59. The van der Waals surface area contributed by atoms with Gasteiger partial charge in [-0.3, -0.25) is 0 Å². The highest BCUT2D eigenvalue weighted by atomic mass is 19.1. The summed E-state index contributed by atoms with van der Waals surface area (Å²) in [6.45, 7) is 0.165. The van der Waals surface area contributed by atoms with Crippen LogP contribution in [0.3, 0.4) is 0 Å². The molecule has 0 aliphatic heterocycles. The first kappa shape index (κ1) is 12.6. The van der Waals surface area contributed by atoms with Crippen LogP contribution in [0.25, 0.3) is 0 Å². The molecule has 0 radical (unpaired) electrons. The summed E-state index contributed by atoms with van der Waals surface area (Å²) >= 11 is 0. The van der Waals surface area contributed by atoms with Crippen LogP contribution in [0, 0.1) is 28.5 Å². The van der Waals surface area contributed by atoms with Gasteiger partial charge in [-0.1, -0.05) is 0 Å². The van der Waals surface area contributed by atoms with E-state index in [2.05, 4.69) is 0 Å². The predicted molar refractivity (Wildman–Crippen MR) is 66.6 cm³/mol. The Morgan fingerprint density at radius 2 is 1.63 bits per heavy atom. The predicted octanol–water partition coefficient (Wildman–Crippen LogP) is 3.15. The second kappa shape index (κ2) is 5.66. The van der Waals surface area contributed by atoms with Gasteiger partial charge < -0.3 is 4.74 Å². The normalized spacial score (nSPS) is 9.42. The van der Waals surface area contributed by atoms with Crippen molar-refractivity contribution in [1.82, 2.24) is 0 Å². The molecule has 4 heteroatoms. The average Bonchev–Trinajstić information content (AvgIpc) is 2.45. The minimum absolute atomic E-state index is 0.165. The molecule has 0 aliphatic carbocycles. The molecule has 0 unspecified atom stereocenters. The molecule has 0 bridgehead atoms. The molecule has 92 valence electrons. The lowest BCUT2D eigenvalue weighted by atomic mass is 10.1. The Morgan fingerprint density at radius 3 is 2.26 bits per heavy atom. The Labute approximate surface area is 110 Å². The summed E-state index contributed by atoms with van der Waals surface area (Å²) in [5.41, 5.74) is 1.39. The molecule has 2 rings (SSSR count). The van der Waals surface area contributed by atoms with Gasteiger partial charge in [-0.15, -0.1) is 0 Å². The van der Waals surface area contributed by atoms with Crippen LogP contribution in [0.4, 0.5) is 4.39 Å². The van der Waals surface area contributed by atoms with E-state index in [0.29, 0.717) is 16.9 Å². The van der Waals surface area contributed by atoms with Crippen molar-refractivity contribution in [3.63, 3.8) is 0 Å². The van der Waals surface area contributed by atoms with E-state index in [4.69, 9.17) is 15.3 Å². The number of ether oxygens (including phenoxy) is 1. The molecular formula is C15H9FN2O. The zero-order valence-corrected chi connectivity index (χ0v) is 9.93. The highest BCUT2D eigenvalue weighted by Crippen LogP contribution is 2.15. The fourth-order valence-electron chi connectivity index (χ4n) is 1.59. The zero-order chi connectivity index (χ0) is 13.7. The maximum atomic E-state index is 13.2. The van der Waals surface area contributed by atoms with Gasteiger partial charge in [0.1, 0.15) is 18.2 Å². The molecule has 0 amide bonds. The fraction of sp³-hybridized carbons (Fsp3) is 0.0667. The van der Waals surface area contributed by atoms with Gasteiger partial charge in [-0.25, -0.2) is 4.39 Å². The lowest BCUT2D eigenvalue weighted by molar-refractivity contribution is 0.305. The van der Waals surface area contributed by atoms with Crippen LogP contribution in [0.1, 0.15) is 16.7 Å². The van der Waals surface area contributed by atoms with Gasteiger partial charge in [-0.2, -0.15) is 10.5 Å². The summed E-state index contributed by atoms with van der Waals surface area (Å²) in [6, 6.07) is 14.6. The number of halogens is 1. The number of nitriles is 2. The maximum absolute atomic E-state index is 13.2. The molecule has 0 aliphatic rings. The third kappa shape index (κ3) is 3.31. The Balaban J connectivity index is 2.08. The molecule has 0 atom stereocenters. The highest BCUT2D eigenvalue weighted by Gasteiger charge is 2.02. The van der Waals surface area contributed by atoms with E-state index >= 15 is 0 Å². The second-order valence-corrected chi connectivity index (χ2v) is 3.88. The van der Waals surface area contributed by atoms with Crippen molar-refractivity contribution in [2.45, 2.75) is 6.61 Å². The summed E-state index contributed by atoms with van der Waals surface area (Å²) in [4.78, 5) is 0. The number of benzene rings is 2. The van der Waals surface area contributed by atoms with Crippen LogP contribution in [0.2, 0.25) is 0 Å². The summed E-state index contributed by atoms with van der Waals surface area (Å²) in [5, 5.41) is 17.4. The maximum Gasteiger partial charge on any atom is 0.124 e. The molecule has 2 aromatic rings. The minimum atomic E-state index is -0.461. The molecule has 19 heavy (non-hydrogen) atoms. The SMILES string of the molecule is N#Cc1ccc(OCc2cc(F)cc(C#N)c2)cc1. The largest absolute Gasteiger partial charge is 0.489 e. The minimum Gasteiger partial charge on any atom is -0.489 e. The molecule has 3 nitrogen and oxygen atoms in total. The topological polar surface area (TPSA) is 56.8 Å². The van der Waals surface area contributed by atoms with Crippen molar-refractivity contribution in [2.75, 3.05) is 0 Å². The van der Waals surface area contributed by atoms with E-state index in [0.717, 1.165) is 0 Å². The van der Waals surface area contributed by atoms with E-state index < -0.39 is 5.82 Å². The van der Waals surface area contributed by atoms with Gasteiger partial charge in [-0.05, 0) is 48.0 Å². The van der Waals surface area contributed by atoms with Crippen LogP contribution >= 0.6 is 0 Å². The number of rotatable bonds is 3. The Bertz CT molecular complexity index is 666. The first-order valence-electron chi connectivity index (χ1n) is 5.54. The van der Waals surface area contributed by atoms with E-state index in [9.17, 15) is 4.39 Å². The Hall–Kier alpha value is -2.85. The first-order valence-corrected chi connectivity index (χ1v) is 5.54. The quantitative estimate of drug-likeness (QED) is 0.843. The second-order valence-electron chi connectivity index (χ2n) is 3.88. The molecule has 0 fully saturated rings. The van der Waals surface area contributed by atoms with Crippen LogP contribution in [-0.2, 0) is 6.61 Å². The smallest absolute Gasteiger partial charge is 0.124 e. The lowest BCUT2D eigenvalue weighted by Gasteiger charge is -2.06. The lowest BCUT2D eigenvalue weighted by Crippen LogP contribution is -1.97. The molecule has 0 spiro atoms. The Morgan fingerprint density at radius 1 is 0.947 bits per heavy atom. The standard InChI is InChI=1S/C15H9FN2O/c16-14-6-12(9-18)5-13(7-14)10-19-15-3-1-11(8-17)2-4-15/h1-7H,10H2. The van der Waals surface area contributed by atoms with Crippen molar-refractivity contribution < 1.29 is 9.13 Å². The van der Waals surface area contributed by atoms with Gasteiger partial charge in [0.05, 0.1) is 23.3 Å². The first-order chi connectivity index (χ1) is 9.21. The van der Waals surface area contributed by atoms with E-state index in [1.165, 1.54) is 12.1 Å². The number of hydrogen-bond donors (Lipinski definition) is 0. The zero-order valence-electron chi connectivity index (χ0n) is 9.93. The van der Waals surface area contributed by atoms with Crippen molar-refractivity contribution in [2.24, 2.45) is 0 Å². The summed E-state index contributed by atoms with van der Waals surface area (Å²) in [6.07, 6.45) is 0. The van der Waals surface area contributed by atoms with Crippen molar-refractivity contribution in [3.8, 4) is 17.9 Å². The van der Waals surface area contributed by atoms with Gasteiger partial charge in [0, 0.05) is 0 Å². The molecule has 0 saturated heterocycles. The molecular weight excluding hydrogens is 243 g/mol. The van der Waals surface area contributed by atoms with Crippen molar-refractivity contribution in [1.29, 1.82) is 10.5 Å².